The zero-order valence-corrected chi connectivity index (χ0v) is 17.1. The summed E-state index contributed by atoms with van der Waals surface area (Å²) >= 11 is 1.49. The number of nitrogens with one attached hydrogen (secondary N) is 1. The lowest BCUT2D eigenvalue weighted by Gasteiger charge is -2.28. The van der Waals surface area contributed by atoms with Gasteiger partial charge in [-0.25, -0.2) is 0 Å². The number of aryl methyl sites for hydroxylation is 1. The summed E-state index contributed by atoms with van der Waals surface area (Å²) in [6.07, 6.45) is 0.869. The van der Waals surface area contributed by atoms with Crippen molar-refractivity contribution >= 4 is 23.6 Å². The van der Waals surface area contributed by atoms with E-state index in [1.165, 1.54) is 17.3 Å². The molecule has 0 heterocycles. The molecule has 0 aliphatic carbocycles. The van der Waals surface area contributed by atoms with Crippen LogP contribution in [0.25, 0.3) is 0 Å². The SMILES string of the molecule is CCCNC(=O)C(C)N(Cc1ccc(C)cc1)C(=O)CSc1ccccc1. The predicted molar refractivity (Wildman–Crippen MR) is 112 cm³/mol. The van der Waals surface area contributed by atoms with E-state index in [1.54, 1.807) is 11.8 Å². The molecule has 2 aromatic rings. The molecule has 1 unspecified atom stereocenters. The van der Waals surface area contributed by atoms with Crippen LogP contribution in [0.2, 0.25) is 0 Å². The third-order valence-corrected chi connectivity index (χ3v) is 5.29. The monoisotopic (exact) mass is 384 g/mol. The van der Waals surface area contributed by atoms with E-state index in [1.807, 2.05) is 68.4 Å². The fourth-order valence-electron chi connectivity index (χ4n) is 2.61. The molecule has 2 rings (SSSR count). The number of amides is 2. The number of benzene rings is 2. The van der Waals surface area contributed by atoms with Gasteiger partial charge in [-0.05, 0) is 38.0 Å². The van der Waals surface area contributed by atoms with E-state index in [-0.39, 0.29) is 11.8 Å². The Labute approximate surface area is 166 Å². The highest BCUT2D eigenvalue weighted by atomic mass is 32.2. The number of hydrogen-bond donors (Lipinski definition) is 1. The van der Waals surface area contributed by atoms with Gasteiger partial charge in [0.1, 0.15) is 6.04 Å². The maximum atomic E-state index is 12.9. The summed E-state index contributed by atoms with van der Waals surface area (Å²) in [4.78, 5) is 28.1. The van der Waals surface area contributed by atoms with Gasteiger partial charge in [0.05, 0.1) is 5.75 Å². The maximum Gasteiger partial charge on any atom is 0.242 e. The zero-order valence-electron chi connectivity index (χ0n) is 16.3. The third-order valence-electron chi connectivity index (χ3n) is 4.30. The van der Waals surface area contributed by atoms with Crippen molar-refractivity contribution in [3.05, 3.63) is 65.7 Å². The van der Waals surface area contributed by atoms with E-state index in [0.29, 0.717) is 18.8 Å². The first-order valence-electron chi connectivity index (χ1n) is 9.31. The van der Waals surface area contributed by atoms with Crippen molar-refractivity contribution < 1.29 is 9.59 Å². The van der Waals surface area contributed by atoms with E-state index in [2.05, 4.69) is 5.32 Å². The van der Waals surface area contributed by atoms with Crippen molar-refractivity contribution in [1.82, 2.24) is 10.2 Å². The van der Waals surface area contributed by atoms with Gasteiger partial charge in [-0.1, -0.05) is 55.0 Å². The minimum atomic E-state index is -0.512. The second-order valence-electron chi connectivity index (χ2n) is 6.58. The summed E-state index contributed by atoms with van der Waals surface area (Å²) in [5, 5.41) is 2.90. The van der Waals surface area contributed by atoms with Crippen molar-refractivity contribution in [2.75, 3.05) is 12.3 Å². The zero-order chi connectivity index (χ0) is 19.6. The molecule has 1 N–H and O–H groups in total. The molecular weight excluding hydrogens is 356 g/mol. The third kappa shape index (κ3) is 6.75. The minimum Gasteiger partial charge on any atom is -0.354 e. The average Bonchev–Trinajstić information content (AvgIpc) is 2.70. The molecule has 0 saturated carbocycles. The Kier molecular flexibility index (Phi) is 8.40. The van der Waals surface area contributed by atoms with Gasteiger partial charge in [-0.15, -0.1) is 11.8 Å². The van der Waals surface area contributed by atoms with Crippen LogP contribution in [-0.4, -0.2) is 35.1 Å². The van der Waals surface area contributed by atoms with Crippen LogP contribution >= 0.6 is 11.8 Å². The Bertz CT molecular complexity index is 732. The fraction of sp³-hybridized carbons (Fsp3) is 0.364. The number of carbonyl (C=O) groups is 2. The Balaban J connectivity index is 2.10. The van der Waals surface area contributed by atoms with Crippen LogP contribution in [0.5, 0.6) is 0 Å². The molecule has 1 atom stereocenters. The first-order valence-corrected chi connectivity index (χ1v) is 10.3. The lowest BCUT2D eigenvalue weighted by molar-refractivity contribution is -0.138. The summed E-state index contributed by atoms with van der Waals surface area (Å²) in [5.41, 5.74) is 2.19. The largest absolute Gasteiger partial charge is 0.354 e. The molecule has 0 bridgehead atoms. The Morgan fingerprint density at radius 1 is 1.07 bits per heavy atom. The number of carbonyl (C=O) groups excluding carboxylic acids is 2. The van der Waals surface area contributed by atoms with E-state index < -0.39 is 6.04 Å². The van der Waals surface area contributed by atoms with Crippen molar-refractivity contribution in [3.8, 4) is 0 Å². The van der Waals surface area contributed by atoms with Crippen LogP contribution in [0, 0.1) is 6.92 Å². The fourth-order valence-corrected chi connectivity index (χ4v) is 3.42. The Hall–Kier alpha value is -2.27. The summed E-state index contributed by atoms with van der Waals surface area (Å²) in [7, 11) is 0. The first kappa shape index (κ1) is 21.0. The van der Waals surface area contributed by atoms with Crippen LogP contribution in [-0.2, 0) is 16.1 Å². The van der Waals surface area contributed by atoms with Crippen LogP contribution in [0.4, 0.5) is 0 Å². The van der Waals surface area contributed by atoms with Crippen molar-refractivity contribution in [2.24, 2.45) is 0 Å². The van der Waals surface area contributed by atoms with Crippen molar-refractivity contribution in [2.45, 2.75) is 44.7 Å². The molecule has 0 saturated heterocycles. The normalized spacial score (nSPS) is 11.7. The molecule has 27 heavy (non-hydrogen) atoms. The highest BCUT2D eigenvalue weighted by Crippen LogP contribution is 2.19. The summed E-state index contributed by atoms with van der Waals surface area (Å²) < 4.78 is 0. The van der Waals surface area contributed by atoms with E-state index in [0.717, 1.165) is 16.9 Å². The highest BCUT2D eigenvalue weighted by molar-refractivity contribution is 8.00. The number of thioether (sulfide) groups is 1. The summed E-state index contributed by atoms with van der Waals surface area (Å²) in [5.74, 6) is 0.159. The van der Waals surface area contributed by atoms with E-state index >= 15 is 0 Å². The van der Waals surface area contributed by atoms with Crippen molar-refractivity contribution in [1.29, 1.82) is 0 Å². The number of nitrogens with zero attached hydrogens (tertiary/aromatic N) is 1. The van der Waals surface area contributed by atoms with Crippen LogP contribution < -0.4 is 5.32 Å². The summed E-state index contributed by atoms with van der Waals surface area (Å²) in [6, 6.07) is 17.4. The smallest absolute Gasteiger partial charge is 0.242 e. The molecule has 144 valence electrons. The predicted octanol–water partition coefficient (Wildman–Crippen LogP) is 4.03. The van der Waals surface area contributed by atoms with Crippen LogP contribution in [0.3, 0.4) is 0 Å². The second kappa shape index (κ2) is 10.8. The molecular formula is C22H28N2O2S. The molecule has 0 fully saturated rings. The molecule has 4 nitrogen and oxygen atoms in total. The van der Waals surface area contributed by atoms with Crippen LogP contribution in [0.1, 0.15) is 31.4 Å². The van der Waals surface area contributed by atoms with E-state index in [9.17, 15) is 9.59 Å². The molecule has 0 spiro atoms. The molecule has 2 aromatic carbocycles. The van der Waals surface area contributed by atoms with Gasteiger partial charge in [-0.2, -0.15) is 0 Å². The van der Waals surface area contributed by atoms with Crippen molar-refractivity contribution in [3.63, 3.8) is 0 Å². The quantitative estimate of drug-likeness (QED) is 0.664. The van der Waals surface area contributed by atoms with Gasteiger partial charge < -0.3 is 10.2 Å². The molecule has 0 radical (unpaired) electrons. The molecule has 0 aliphatic rings. The van der Waals surface area contributed by atoms with Crippen LogP contribution in [0.15, 0.2) is 59.5 Å². The Morgan fingerprint density at radius 2 is 1.74 bits per heavy atom. The highest BCUT2D eigenvalue weighted by Gasteiger charge is 2.25. The minimum absolute atomic E-state index is 0.0384. The summed E-state index contributed by atoms with van der Waals surface area (Å²) in [6.45, 7) is 6.88. The topological polar surface area (TPSA) is 49.4 Å². The van der Waals surface area contributed by atoms with E-state index in [4.69, 9.17) is 0 Å². The van der Waals surface area contributed by atoms with Gasteiger partial charge in [0.25, 0.3) is 0 Å². The molecule has 2 amide bonds. The number of rotatable bonds is 9. The lowest BCUT2D eigenvalue weighted by Crippen LogP contribution is -2.48. The molecule has 0 aliphatic heterocycles. The van der Waals surface area contributed by atoms with Gasteiger partial charge in [-0.3, -0.25) is 9.59 Å². The van der Waals surface area contributed by atoms with Gasteiger partial charge in [0.2, 0.25) is 11.8 Å². The maximum absolute atomic E-state index is 12.9. The van der Waals surface area contributed by atoms with Gasteiger partial charge >= 0.3 is 0 Å². The van der Waals surface area contributed by atoms with Gasteiger partial charge in [0.15, 0.2) is 0 Å². The Morgan fingerprint density at radius 3 is 2.37 bits per heavy atom. The standard InChI is InChI=1S/C22H28N2O2S/c1-4-14-23-22(26)18(3)24(15-19-12-10-17(2)11-13-19)21(25)16-27-20-8-6-5-7-9-20/h5-13,18H,4,14-16H2,1-3H3,(H,23,26). The molecule has 0 aromatic heterocycles. The first-order chi connectivity index (χ1) is 13.0. The second-order valence-corrected chi connectivity index (χ2v) is 7.62. The average molecular weight is 385 g/mol. The molecule has 5 heteroatoms. The number of hydrogen-bond acceptors (Lipinski definition) is 3. The lowest BCUT2D eigenvalue weighted by atomic mass is 10.1. The van der Waals surface area contributed by atoms with Gasteiger partial charge in [0, 0.05) is 18.0 Å².